The monoisotopic (exact) mass is 407 g/mol. The number of amides is 1. The average molecular weight is 408 g/mol. The Kier molecular flexibility index (Phi) is 7.53. The van der Waals surface area contributed by atoms with Crippen LogP contribution in [0.5, 0.6) is 0 Å². The number of nitrogens with zero attached hydrogens (tertiary/aromatic N) is 2. The van der Waals surface area contributed by atoms with Gasteiger partial charge in [0.2, 0.25) is 5.91 Å². The molecule has 28 heavy (non-hydrogen) atoms. The third-order valence-electron chi connectivity index (χ3n) is 4.20. The molecule has 0 fully saturated rings. The summed E-state index contributed by atoms with van der Waals surface area (Å²) in [6.07, 6.45) is 3.18. The fourth-order valence-corrected chi connectivity index (χ4v) is 3.64. The third kappa shape index (κ3) is 5.77. The Bertz CT molecular complexity index is 882. The van der Waals surface area contributed by atoms with Crippen LogP contribution in [0.3, 0.4) is 0 Å². The zero-order valence-corrected chi connectivity index (χ0v) is 17.2. The molecule has 0 spiro atoms. The van der Waals surface area contributed by atoms with Crippen molar-refractivity contribution in [1.82, 2.24) is 4.31 Å². The van der Waals surface area contributed by atoms with Gasteiger partial charge in [-0.25, -0.2) is 8.70 Å². The Labute approximate surface area is 166 Å². The standard InChI is InChI=1S/C20H26FN3O3S/c1-4-5-6-16-7-11-18(12-8-16)22-20(25)15-24(28(26,27)23(2)3)19-13-9-17(21)10-14-19/h7-14H,4-6,15H2,1-3H3,(H,22,25). The molecule has 2 aromatic carbocycles. The molecule has 6 nitrogen and oxygen atoms in total. The SMILES string of the molecule is CCCCc1ccc(NC(=O)CN(c2ccc(F)cc2)S(=O)(=O)N(C)C)cc1. The summed E-state index contributed by atoms with van der Waals surface area (Å²) >= 11 is 0. The summed E-state index contributed by atoms with van der Waals surface area (Å²) < 4.78 is 40.4. The number of halogens is 1. The fourth-order valence-electron chi connectivity index (χ4n) is 2.58. The van der Waals surface area contributed by atoms with Gasteiger partial charge < -0.3 is 5.32 Å². The van der Waals surface area contributed by atoms with E-state index in [1.165, 1.54) is 31.8 Å². The van der Waals surface area contributed by atoms with Gasteiger partial charge in [0.25, 0.3) is 0 Å². The summed E-state index contributed by atoms with van der Waals surface area (Å²) in [5.74, 6) is -0.977. The predicted molar refractivity (Wildman–Crippen MR) is 110 cm³/mol. The summed E-state index contributed by atoms with van der Waals surface area (Å²) in [4.78, 5) is 12.5. The van der Waals surface area contributed by atoms with E-state index >= 15 is 0 Å². The van der Waals surface area contributed by atoms with Crippen molar-refractivity contribution in [3.8, 4) is 0 Å². The molecule has 1 amide bonds. The highest BCUT2D eigenvalue weighted by Crippen LogP contribution is 2.20. The summed E-state index contributed by atoms with van der Waals surface area (Å²) in [6, 6.07) is 12.4. The molecule has 0 aromatic heterocycles. The smallest absolute Gasteiger partial charge is 0.304 e. The quantitative estimate of drug-likeness (QED) is 0.692. The second-order valence-corrected chi connectivity index (χ2v) is 8.69. The Morgan fingerprint density at radius 1 is 1.04 bits per heavy atom. The third-order valence-corrected chi connectivity index (χ3v) is 6.02. The minimum absolute atomic E-state index is 0.208. The molecule has 0 saturated heterocycles. The van der Waals surface area contributed by atoms with Crippen LogP contribution in [0.15, 0.2) is 48.5 Å². The van der Waals surface area contributed by atoms with Crippen LogP contribution in [0.4, 0.5) is 15.8 Å². The molecule has 8 heteroatoms. The van der Waals surface area contributed by atoms with Gasteiger partial charge in [0, 0.05) is 19.8 Å². The number of carbonyl (C=O) groups is 1. The van der Waals surface area contributed by atoms with Crippen molar-refractivity contribution >= 4 is 27.5 Å². The van der Waals surface area contributed by atoms with Crippen molar-refractivity contribution in [1.29, 1.82) is 0 Å². The van der Waals surface area contributed by atoms with Gasteiger partial charge in [0.1, 0.15) is 12.4 Å². The highest BCUT2D eigenvalue weighted by Gasteiger charge is 2.27. The molecule has 0 aliphatic carbocycles. The molecule has 0 radical (unpaired) electrons. The van der Waals surface area contributed by atoms with Gasteiger partial charge in [-0.3, -0.25) is 4.79 Å². The highest BCUT2D eigenvalue weighted by molar-refractivity contribution is 7.90. The van der Waals surface area contributed by atoms with Gasteiger partial charge >= 0.3 is 10.2 Å². The van der Waals surface area contributed by atoms with Crippen molar-refractivity contribution in [2.75, 3.05) is 30.3 Å². The minimum atomic E-state index is -3.93. The molecule has 0 bridgehead atoms. The lowest BCUT2D eigenvalue weighted by molar-refractivity contribution is -0.114. The molecule has 2 rings (SSSR count). The maximum Gasteiger partial charge on any atom is 0.304 e. The van der Waals surface area contributed by atoms with Gasteiger partial charge in [-0.2, -0.15) is 12.7 Å². The molecular formula is C20H26FN3O3S. The normalized spacial score (nSPS) is 11.5. The number of benzene rings is 2. The lowest BCUT2D eigenvalue weighted by atomic mass is 10.1. The van der Waals surface area contributed by atoms with E-state index in [2.05, 4.69) is 12.2 Å². The van der Waals surface area contributed by atoms with Crippen molar-refractivity contribution in [3.05, 3.63) is 59.9 Å². The first-order valence-electron chi connectivity index (χ1n) is 9.08. The van der Waals surface area contributed by atoms with Gasteiger partial charge in [-0.1, -0.05) is 25.5 Å². The molecular weight excluding hydrogens is 381 g/mol. The average Bonchev–Trinajstić information content (AvgIpc) is 2.66. The van der Waals surface area contributed by atoms with Crippen LogP contribution in [0.1, 0.15) is 25.3 Å². The first-order chi connectivity index (χ1) is 13.2. The van der Waals surface area contributed by atoms with E-state index < -0.39 is 28.5 Å². The number of carbonyl (C=O) groups excluding carboxylic acids is 1. The van der Waals surface area contributed by atoms with Crippen molar-refractivity contribution in [3.63, 3.8) is 0 Å². The summed E-state index contributed by atoms with van der Waals surface area (Å²) in [5.41, 5.74) is 1.98. The predicted octanol–water partition coefficient (Wildman–Crippen LogP) is 3.42. The largest absolute Gasteiger partial charge is 0.325 e. The number of nitrogens with one attached hydrogen (secondary N) is 1. The van der Waals surface area contributed by atoms with E-state index in [1.807, 2.05) is 12.1 Å². The zero-order chi connectivity index (χ0) is 20.7. The van der Waals surface area contributed by atoms with Crippen LogP contribution in [-0.2, 0) is 21.4 Å². The van der Waals surface area contributed by atoms with E-state index in [0.717, 1.165) is 40.0 Å². The molecule has 2 aromatic rings. The molecule has 0 unspecified atom stereocenters. The maximum atomic E-state index is 13.2. The van der Waals surface area contributed by atoms with Gasteiger partial charge in [0.05, 0.1) is 5.69 Å². The lowest BCUT2D eigenvalue weighted by Crippen LogP contribution is -2.44. The maximum absolute atomic E-state index is 13.2. The van der Waals surface area contributed by atoms with Crippen LogP contribution in [-0.4, -0.2) is 39.3 Å². The van der Waals surface area contributed by atoms with Crippen molar-refractivity contribution in [2.45, 2.75) is 26.2 Å². The first kappa shape index (κ1) is 21.8. The van der Waals surface area contributed by atoms with E-state index in [0.29, 0.717) is 5.69 Å². The topological polar surface area (TPSA) is 69.7 Å². The van der Waals surface area contributed by atoms with Crippen LogP contribution in [0, 0.1) is 5.82 Å². The van der Waals surface area contributed by atoms with Gasteiger partial charge in [-0.15, -0.1) is 0 Å². The molecule has 0 atom stereocenters. The van der Waals surface area contributed by atoms with E-state index in [-0.39, 0.29) is 5.69 Å². The number of anilines is 2. The van der Waals surface area contributed by atoms with Crippen LogP contribution >= 0.6 is 0 Å². The second kappa shape index (κ2) is 9.66. The van der Waals surface area contributed by atoms with E-state index in [4.69, 9.17) is 0 Å². The minimum Gasteiger partial charge on any atom is -0.325 e. The highest BCUT2D eigenvalue weighted by atomic mass is 32.2. The first-order valence-corrected chi connectivity index (χ1v) is 10.5. The second-order valence-electron chi connectivity index (χ2n) is 6.62. The van der Waals surface area contributed by atoms with Gasteiger partial charge in [0.15, 0.2) is 0 Å². The Hall–Kier alpha value is -2.45. The summed E-state index contributed by atoms with van der Waals surface area (Å²) in [7, 11) is -1.18. The number of hydrogen-bond acceptors (Lipinski definition) is 3. The number of unbranched alkanes of at least 4 members (excludes halogenated alkanes) is 1. The summed E-state index contributed by atoms with van der Waals surface area (Å²) in [6.45, 7) is 1.70. The Balaban J connectivity index is 2.15. The van der Waals surface area contributed by atoms with E-state index in [1.54, 1.807) is 12.1 Å². The molecule has 0 heterocycles. The number of rotatable bonds is 9. The molecule has 0 aliphatic rings. The molecule has 1 N–H and O–H groups in total. The van der Waals surface area contributed by atoms with Crippen LogP contribution in [0.2, 0.25) is 0 Å². The lowest BCUT2D eigenvalue weighted by Gasteiger charge is -2.26. The zero-order valence-electron chi connectivity index (χ0n) is 16.4. The fraction of sp³-hybridized carbons (Fsp3) is 0.350. The number of hydrogen-bond donors (Lipinski definition) is 1. The Morgan fingerprint density at radius 3 is 2.18 bits per heavy atom. The van der Waals surface area contributed by atoms with Crippen LogP contribution < -0.4 is 9.62 Å². The van der Waals surface area contributed by atoms with E-state index in [9.17, 15) is 17.6 Å². The Morgan fingerprint density at radius 2 is 1.64 bits per heavy atom. The van der Waals surface area contributed by atoms with Gasteiger partial charge in [-0.05, 0) is 54.8 Å². The molecule has 0 saturated carbocycles. The van der Waals surface area contributed by atoms with Crippen LogP contribution in [0.25, 0.3) is 0 Å². The number of aryl methyl sites for hydroxylation is 1. The summed E-state index contributed by atoms with van der Waals surface area (Å²) in [5, 5.41) is 2.71. The van der Waals surface area contributed by atoms with Crippen molar-refractivity contribution < 1.29 is 17.6 Å². The van der Waals surface area contributed by atoms with Crippen molar-refractivity contribution in [2.24, 2.45) is 0 Å². The molecule has 0 aliphatic heterocycles. The molecule has 152 valence electrons.